The molecule has 1 aliphatic heterocycles. The Labute approximate surface area is 191 Å². The van der Waals surface area contributed by atoms with Gasteiger partial charge in [-0.2, -0.15) is 0 Å². The van der Waals surface area contributed by atoms with Crippen LogP contribution in [-0.4, -0.2) is 46.7 Å². The van der Waals surface area contributed by atoms with Crippen LogP contribution in [0.25, 0.3) is 0 Å². The van der Waals surface area contributed by atoms with Gasteiger partial charge in [-0.15, -0.1) is 0 Å². The summed E-state index contributed by atoms with van der Waals surface area (Å²) in [7, 11) is 0. The van der Waals surface area contributed by atoms with Gasteiger partial charge in [-0.1, -0.05) is 60.2 Å². The van der Waals surface area contributed by atoms with Crippen molar-refractivity contribution in [1.82, 2.24) is 15.1 Å². The minimum absolute atomic E-state index is 0.0609. The molecule has 1 saturated heterocycles. The fraction of sp³-hybridized carbons (Fsp3) is 0.462. The third kappa shape index (κ3) is 7.01. The Balaban J connectivity index is 1.66. The Kier molecular flexibility index (Phi) is 7.78. The van der Waals surface area contributed by atoms with Crippen molar-refractivity contribution in [3.8, 4) is 0 Å². The molecule has 0 atom stereocenters. The van der Waals surface area contributed by atoms with E-state index in [1.165, 1.54) is 5.56 Å². The SMILES string of the molecule is Cc1ccc(CN(C(=O)NCc2ccccc2)C2CCN(C(=O)OC(C)(C)C)CC2)cc1. The fourth-order valence-corrected chi connectivity index (χ4v) is 3.82. The molecule has 0 unspecified atom stereocenters. The molecule has 3 rings (SSSR count). The van der Waals surface area contributed by atoms with Gasteiger partial charge in [0.15, 0.2) is 0 Å². The summed E-state index contributed by atoms with van der Waals surface area (Å²) in [5, 5.41) is 3.07. The first-order valence-corrected chi connectivity index (χ1v) is 11.3. The van der Waals surface area contributed by atoms with Gasteiger partial charge in [0.1, 0.15) is 5.60 Å². The summed E-state index contributed by atoms with van der Waals surface area (Å²) in [6, 6.07) is 18.2. The van der Waals surface area contributed by atoms with E-state index in [9.17, 15) is 9.59 Å². The average molecular weight is 438 g/mol. The van der Waals surface area contributed by atoms with Crippen LogP contribution in [0.3, 0.4) is 0 Å². The number of likely N-dealkylation sites (tertiary alicyclic amines) is 1. The number of carbonyl (C=O) groups excluding carboxylic acids is 2. The van der Waals surface area contributed by atoms with Gasteiger partial charge in [0.25, 0.3) is 0 Å². The molecule has 32 heavy (non-hydrogen) atoms. The normalized spacial score (nSPS) is 14.7. The lowest BCUT2D eigenvalue weighted by molar-refractivity contribution is 0.0161. The highest BCUT2D eigenvalue weighted by atomic mass is 16.6. The standard InChI is InChI=1S/C26H35N3O3/c1-20-10-12-22(13-11-20)19-29(24(30)27-18-21-8-6-5-7-9-21)23-14-16-28(17-15-23)25(31)32-26(2,3)4/h5-13,23H,14-19H2,1-4H3,(H,27,30). The van der Waals surface area contributed by atoms with Gasteiger partial charge in [-0.3, -0.25) is 0 Å². The Morgan fingerprint density at radius 2 is 1.62 bits per heavy atom. The predicted molar refractivity (Wildman–Crippen MR) is 126 cm³/mol. The van der Waals surface area contributed by atoms with Crippen LogP contribution in [0.2, 0.25) is 0 Å². The zero-order chi connectivity index (χ0) is 23.1. The van der Waals surface area contributed by atoms with E-state index in [1.807, 2.05) is 56.0 Å². The number of rotatable bonds is 5. The summed E-state index contributed by atoms with van der Waals surface area (Å²) in [5.41, 5.74) is 2.85. The molecule has 0 aliphatic carbocycles. The number of piperidine rings is 1. The van der Waals surface area contributed by atoms with Crippen LogP contribution >= 0.6 is 0 Å². The van der Waals surface area contributed by atoms with E-state index in [-0.39, 0.29) is 18.2 Å². The number of benzene rings is 2. The van der Waals surface area contributed by atoms with Crippen LogP contribution in [0.15, 0.2) is 54.6 Å². The van der Waals surface area contributed by atoms with E-state index in [1.54, 1.807) is 4.90 Å². The van der Waals surface area contributed by atoms with E-state index >= 15 is 0 Å². The van der Waals surface area contributed by atoms with Crippen molar-refractivity contribution in [3.05, 3.63) is 71.3 Å². The van der Waals surface area contributed by atoms with E-state index in [4.69, 9.17) is 4.74 Å². The smallest absolute Gasteiger partial charge is 0.410 e. The lowest BCUT2D eigenvalue weighted by atomic mass is 10.0. The largest absolute Gasteiger partial charge is 0.444 e. The van der Waals surface area contributed by atoms with Gasteiger partial charge in [-0.05, 0) is 51.7 Å². The van der Waals surface area contributed by atoms with Crippen molar-refractivity contribution < 1.29 is 14.3 Å². The highest BCUT2D eigenvalue weighted by Crippen LogP contribution is 2.21. The lowest BCUT2D eigenvalue weighted by Gasteiger charge is -2.39. The second-order valence-electron chi connectivity index (χ2n) is 9.46. The maximum Gasteiger partial charge on any atom is 0.410 e. The number of hydrogen-bond acceptors (Lipinski definition) is 3. The third-order valence-electron chi connectivity index (χ3n) is 5.58. The number of ether oxygens (including phenoxy) is 1. The maximum atomic E-state index is 13.2. The predicted octanol–water partition coefficient (Wildman–Crippen LogP) is 5.11. The van der Waals surface area contributed by atoms with Gasteiger partial charge >= 0.3 is 12.1 Å². The zero-order valence-electron chi connectivity index (χ0n) is 19.6. The van der Waals surface area contributed by atoms with Crippen LogP contribution in [0.4, 0.5) is 9.59 Å². The molecular formula is C26H35N3O3. The minimum Gasteiger partial charge on any atom is -0.444 e. The molecule has 0 aromatic heterocycles. The van der Waals surface area contributed by atoms with Gasteiger partial charge < -0.3 is 19.9 Å². The number of aryl methyl sites for hydroxylation is 1. The number of hydrogen-bond donors (Lipinski definition) is 1. The lowest BCUT2D eigenvalue weighted by Crippen LogP contribution is -2.51. The number of urea groups is 1. The molecule has 0 saturated carbocycles. The maximum absolute atomic E-state index is 13.2. The fourth-order valence-electron chi connectivity index (χ4n) is 3.82. The van der Waals surface area contributed by atoms with Crippen LogP contribution < -0.4 is 5.32 Å². The van der Waals surface area contributed by atoms with Crippen molar-refractivity contribution >= 4 is 12.1 Å². The van der Waals surface area contributed by atoms with Crippen molar-refractivity contribution in [2.24, 2.45) is 0 Å². The molecule has 3 amide bonds. The molecule has 2 aromatic rings. The molecule has 1 N–H and O–H groups in total. The Morgan fingerprint density at radius 1 is 1.00 bits per heavy atom. The summed E-state index contributed by atoms with van der Waals surface area (Å²) in [6.45, 7) is 9.86. The number of amides is 3. The summed E-state index contributed by atoms with van der Waals surface area (Å²) < 4.78 is 5.51. The number of nitrogens with one attached hydrogen (secondary N) is 1. The highest BCUT2D eigenvalue weighted by Gasteiger charge is 2.31. The Morgan fingerprint density at radius 3 is 2.22 bits per heavy atom. The Bertz CT molecular complexity index is 883. The van der Waals surface area contributed by atoms with Crippen LogP contribution in [0, 0.1) is 6.92 Å². The molecule has 6 nitrogen and oxygen atoms in total. The summed E-state index contributed by atoms with van der Waals surface area (Å²) in [4.78, 5) is 29.3. The molecule has 0 radical (unpaired) electrons. The minimum atomic E-state index is -0.511. The van der Waals surface area contributed by atoms with Crippen molar-refractivity contribution in [3.63, 3.8) is 0 Å². The summed E-state index contributed by atoms with van der Waals surface area (Å²) >= 11 is 0. The van der Waals surface area contributed by atoms with Crippen LogP contribution in [0.1, 0.15) is 50.3 Å². The first-order valence-electron chi connectivity index (χ1n) is 11.3. The molecular weight excluding hydrogens is 402 g/mol. The molecule has 0 bridgehead atoms. The first-order chi connectivity index (χ1) is 15.2. The molecule has 172 valence electrons. The number of nitrogens with zero attached hydrogens (tertiary/aromatic N) is 2. The quantitative estimate of drug-likeness (QED) is 0.707. The molecule has 6 heteroatoms. The summed E-state index contributed by atoms with van der Waals surface area (Å²) in [5.74, 6) is 0. The topological polar surface area (TPSA) is 61.9 Å². The van der Waals surface area contributed by atoms with E-state index in [0.29, 0.717) is 26.2 Å². The van der Waals surface area contributed by atoms with Gasteiger partial charge in [0.2, 0.25) is 0 Å². The van der Waals surface area contributed by atoms with Gasteiger partial charge in [-0.25, -0.2) is 9.59 Å². The van der Waals surface area contributed by atoms with Crippen molar-refractivity contribution in [1.29, 1.82) is 0 Å². The van der Waals surface area contributed by atoms with Crippen LogP contribution in [0.5, 0.6) is 0 Å². The van der Waals surface area contributed by atoms with Gasteiger partial charge in [0, 0.05) is 32.2 Å². The Hall–Kier alpha value is -3.02. The molecule has 2 aromatic carbocycles. The summed E-state index contributed by atoms with van der Waals surface area (Å²) in [6.07, 6.45) is 1.17. The average Bonchev–Trinajstić information content (AvgIpc) is 2.77. The van der Waals surface area contributed by atoms with Gasteiger partial charge in [0.05, 0.1) is 0 Å². The molecule has 1 heterocycles. The van der Waals surface area contributed by atoms with Crippen LogP contribution in [-0.2, 0) is 17.8 Å². The van der Waals surface area contributed by atoms with E-state index in [2.05, 4.69) is 36.5 Å². The monoisotopic (exact) mass is 437 g/mol. The first kappa shape index (κ1) is 23.6. The molecule has 0 spiro atoms. The second-order valence-corrected chi connectivity index (χ2v) is 9.46. The highest BCUT2D eigenvalue weighted by molar-refractivity contribution is 5.74. The number of carbonyl (C=O) groups is 2. The third-order valence-corrected chi connectivity index (χ3v) is 5.58. The zero-order valence-corrected chi connectivity index (χ0v) is 19.6. The molecule has 1 fully saturated rings. The van der Waals surface area contributed by atoms with Crippen molar-refractivity contribution in [2.75, 3.05) is 13.1 Å². The molecule has 1 aliphatic rings. The second kappa shape index (κ2) is 10.5. The van der Waals surface area contributed by atoms with E-state index in [0.717, 1.165) is 24.0 Å². The van der Waals surface area contributed by atoms with E-state index < -0.39 is 5.60 Å². The van der Waals surface area contributed by atoms with Crippen molar-refractivity contribution in [2.45, 2.75) is 65.3 Å².